The van der Waals surface area contributed by atoms with Gasteiger partial charge in [-0.3, -0.25) is 4.79 Å². The first-order valence-electron chi connectivity index (χ1n) is 21.9. The van der Waals surface area contributed by atoms with Gasteiger partial charge in [-0.05, 0) is 12.8 Å². The molecule has 11 nitrogen and oxygen atoms in total. The molecule has 11 heteroatoms. The second-order valence-electron chi connectivity index (χ2n) is 15.8. The van der Waals surface area contributed by atoms with Crippen molar-refractivity contribution in [3.05, 3.63) is 0 Å². The Balaban J connectivity index is 2.49. The first-order chi connectivity index (χ1) is 25.7. The normalized spacial score (nSPS) is 22.8. The van der Waals surface area contributed by atoms with Crippen molar-refractivity contribution in [3.8, 4) is 0 Å². The van der Waals surface area contributed by atoms with Crippen molar-refractivity contribution in [2.75, 3.05) is 13.2 Å². The molecule has 0 unspecified atom stereocenters. The summed E-state index contributed by atoms with van der Waals surface area (Å²) < 4.78 is 11.1. The second kappa shape index (κ2) is 33.3. The maximum atomic E-state index is 13.0. The Hall–Kier alpha value is -0.890. The number of hydrogen-bond acceptors (Lipinski definition) is 10. The van der Waals surface area contributed by atoms with Crippen LogP contribution >= 0.6 is 0 Å². The molecule has 9 atom stereocenters. The first-order valence-corrected chi connectivity index (χ1v) is 21.9. The van der Waals surface area contributed by atoms with Gasteiger partial charge in [-0.1, -0.05) is 181 Å². The third-order valence-corrected chi connectivity index (χ3v) is 10.9. The molecule has 53 heavy (non-hydrogen) atoms. The highest BCUT2D eigenvalue weighted by molar-refractivity contribution is 5.80. The van der Waals surface area contributed by atoms with Gasteiger partial charge >= 0.3 is 0 Å². The van der Waals surface area contributed by atoms with Gasteiger partial charge in [0.25, 0.3) is 0 Å². The lowest BCUT2D eigenvalue weighted by Gasteiger charge is -2.40. The summed E-state index contributed by atoms with van der Waals surface area (Å²) in [5.41, 5.74) is 0. The fraction of sp³-hybridized carbons (Fsp3) is 0.976. The third-order valence-electron chi connectivity index (χ3n) is 10.9. The Morgan fingerprint density at radius 2 is 0.981 bits per heavy atom. The SMILES string of the molecule is CCCCCCCCCCCCCCCC[C@@H](O)C(=O)N[C@@H](CO[C@H]1O[C@H](CO)[C@H](O)[C@H](O)[C@H]1O)[C@H](O)[C@H](O)CCCCCCCCCCCCCC. The fourth-order valence-corrected chi connectivity index (χ4v) is 7.20. The van der Waals surface area contributed by atoms with Crippen LogP contribution in [0.1, 0.15) is 194 Å². The van der Waals surface area contributed by atoms with E-state index in [4.69, 9.17) is 9.47 Å². The Morgan fingerprint density at radius 3 is 1.40 bits per heavy atom. The molecule has 0 bridgehead atoms. The van der Waals surface area contributed by atoms with E-state index in [1.54, 1.807) is 0 Å². The van der Waals surface area contributed by atoms with Crippen LogP contribution in [0.15, 0.2) is 0 Å². The van der Waals surface area contributed by atoms with Crippen molar-refractivity contribution in [3.63, 3.8) is 0 Å². The summed E-state index contributed by atoms with van der Waals surface area (Å²) in [6.45, 7) is 3.42. The van der Waals surface area contributed by atoms with E-state index in [0.29, 0.717) is 19.3 Å². The number of aliphatic hydroxyl groups excluding tert-OH is 7. The molecular weight excluding hydrogens is 678 g/mol. The molecule has 1 rings (SSSR count). The van der Waals surface area contributed by atoms with Crippen LogP contribution in [0.2, 0.25) is 0 Å². The lowest BCUT2D eigenvalue weighted by Crippen LogP contribution is -2.60. The molecule has 0 aliphatic carbocycles. The van der Waals surface area contributed by atoms with Crippen LogP contribution in [0.25, 0.3) is 0 Å². The molecule has 1 fully saturated rings. The van der Waals surface area contributed by atoms with Gasteiger partial charge in [0.15, 0.2) is 6.29 Å². The summed E-state index contributed by atoms with van der Waals surface area (Å²) in [5, 5.41) is 75.4. The average Bonchev–Trinajstić information content (AvgIpc) is 3.16. The molecule has 1 aliphatic heterocycles. The van der Waals surface area contributed by atoms with Crippen molar-refractivity contribution in [1.29, 1.82) is 0 Å². The zero-order valence-electron chi connectivity index (χ0n) is 33.8. The van der Waals surface area contributed by atoms with Gasteiger partial charge in [0.2, 0.25) is 5.91 Å². The number of hydrogen-bond donors (Lipinski definition) is 8. The lowest BCUT2D eigenvalue weighted by atomic mass is 9.98. The minimum atomic E-state index is -1.65. The van der Waals surface area contributed by atoms with E-state index in [1.807, 2.05) is 0 Å². The standard InChI is InChI=1S/C42H83NO10/c1-3-5-7-9-11-13-15-17-18-20-22-24-26-28-30-35(46)41(51)43-33(32-52-42-40(50)39(49)38(48)36(31-44)53-42)37(47)34(45)29-27-25-23-21-19-16-14-12-10-8-6-4-2/h33-40,42,44-50H,3-32H2,1-2H3,(H,43,51)/t33-,34+,35+,36+,37-,38-,39-,40+,42-/m0/s1. The number of carbonyl (C=O) groups is 1. The maximum Gasteiger partial charge on any atom is 0.249 e. The van der Waals surface area contributed by atoms with Gasteiger partial charge < -0.3 is 50.5 Å². The summed E-state index contributed by atoms with van der Waals surface area (Å²) in [5.74, 6) is -0.696. The third kappa shape index (κ3) is 23.7. The summed E-state index contributed by atoms with van der Waals surface area (Å²) in [6, 6.07) is -1.16. The monoisotopic (exact) mass is 762 g/mol. The molecular formula is C42H83NO10. The zero-order chi connectivity index (χ0) is 39.1. The van der Waals surface area contributed by atoms with E-state index in [-0.39, 0.29) is 6.42 Å². The molecule has 316 valence electrons. The summed E-state index contributed by atoms with van der Waals surface area (Å²) in [7, 11) is 0. The van der Waals surface area contributed by atoms with Crippen LogP contribution in [0, 0.1) is 0 Å². The van der Waals surface area contributed by atoms with Gasteiger partial charge in [-0.25, -0.2) is 0 Å². The number of aliphatic hydroxyl groups is 7. The van der Waals surface area contributed by atoms with E-state index in [2.05, 4.69) is 19.2 Å². The predicted octanol–water partition coefficient (Wildman–Crippen LogP) is 6.33. The van der Waals surface area contributed by atoms with Crippen LogP contribution in [0.4, 0.5) is 0 Å². The van der Waals surface area contributed by atoms with Gasteiger partial charge in [-0.2, -0.15) is 0 Å². The van der Waals surface area contributed by atoms with Crippen molar-refractivity contribution >= 4 is 5.91 Å². The maximum absolute atomic E-state index is 13.0. The Bertz CT molecular complexity index is 836. The summed E-state index contributed by atoms with van der Waals surface area (Å²) in [4.78, 5) is 13.0. The molecule has 1 amide bonds. The highest BCUT2D eigenvalue weighted by Gasteiger charge is 2.44. The molecule has 1 saturated heterocycles. The van der Waals surface area contributed by atoms with E-state index in [0.717, 1.165) is 38.5 Å². The molecule has 0 spiro atoms. The highest BCUT2D eigenvalue weighted by Crippen LogP contribution is 2.23. The van der Waals surface area contributed by atoms with Crippen LogP contribution in [-0.4, -0.2) is 110 Å². The highest BCUT2D eigenvalue weighted by atomic mass is 16.7. The fourth-order valence-electron chi connectivity index (χ4n) is 7.20. The molecule has 0 aromatic heterocycles. The van der Waals surface area contributed by atoms with Gasteiger partial charge in [0, 0.05) is 0 Å². The number of nitrogens with one attached hydrogen (secondary N) is 1. The molecule has 0 aromatic carbocycles. The molecule has 1 heterocycles. The number of rotatable bonds is 36. The van der Waals surface area contributed by atoms with Crippen molar-refractivity contribution in [2.24, 2.45) is 0 Å². The van der Waals surface area contributed by atoms with E-state index < -0.39 is 74.2 Å². The average molecular weight is 762 g/mol. The largest absolute Gasteiger partial charge is 0.394 e. The molecule has 8 N–H and O–H groups in total. The molecule has 1 aliphatic rings. The number of ether oxygens (including phenoxy) is 2. The van der Waals surface area contributed by atoms with E-state index in [1.165, 1.54) is 116 Å². The number of carbonyl (C=O) groups excluding carboxylic acids is 1. The van der Waals surface area contributed by atoms with Crippen molar-refractivity contribution in [1.82, 2.24) is 5.32 Å². The van der Waals surface area contributed by atoms with Crippen LogP contribution < -0.4 is 5.32 Å². The number of unbranched alkanes of at least 4 members (excludes halogenated alkanes) is 24. The second-order valence-corrected chi connectivity index (χ2v) is 15.8. The Morgan fingerprint density at radius 1 is 0.585 bits per heavy atom. The topological polar surface area (TPSA) is 189 Å². The molecule has 0 aromatic rings. The summed E-state index contributed by atoms with van der Waals surface area (Å²) >= 11 is 0. The molecule has 0 radical (unpaired) electrons. The summed E-state index contributed by atoms with van der Waals surface area (Å²) in [6.07, 6.45) is 20.1. The van der Waals surface area contributed by atoms with Gasteiger partial charge in [-0.15, -0.1) is 0 Å². The van der Waals surface area contributed by atoms with E-state index >= 15 is 0 Å². The smallest absolute Gasteiger partial charge is 0.249 e. The van der Waals surface area contributed by atoms with Crippen molar-refractivity contribution in [2.45, 2.75) is 249 Å². The lowest BCUT2D eigenvalue weighted by molar-refractivity contribution is -0.303. The number of amides is 1. The Labute approximate surface area is 322 Å². The van der Waals surface area contributed by atoms with Crippen LogP contribution in [-0.2, 0) is 14.3 Å². The van der Waals surface area contributed by atoms with Gasteiger partial charge in [0.1, 0.15) is 36.6 Å². The zero-order valence-corrected chi connectivity index (χ0v) is 33.8. The minimum Gasteiger partial charge on any atom is -0.394 e. The quantitative estimate of drug-likeness (QED) is 0.0335. The Kier molecular flexibility index (Phi) is 31.5. The van der Waals surface area contributed by atoms with Crippen LogP contribution in [0.5, 0.6) is 0 Å². The minimum absolute atomic E-state index is 0.266. The van der Waals surface area contributed by atoms with Crippen molar-refractivity contribution < 1.29 is 50.0 Å². The van der Waals surface area contributed by atoms with E-state index in [9.17, 15) is 40.5 Å². The first kappa shape index (κ1) is 50.1. The van der Waals surface area contributed by atoms with Gasteiger partial charge in [0.05, 0.1) is 25.4 Å². The molecule has 0 saturated carbocycles. The van der Waals surface area contributed by atoms with Crippen LogP contribution in [0.3, 0.4) is 0 Å². The predicted molar refractivity (Wildman–Crippen MR) is 210 cm³/mol.